The van der Waals surface area contributed by atoms with Gasteiger partial charge in [-0.3, -0.25) is 9.59 Å². The van der Waals surface area contributed by atoms with E-state index in [0.29, 0.717) is 16.6 Å². The third-order valence-corrected chi connectivity index (χ3v) is 5.35. The van der Waals surface area contributed by atoms with Crippen LogP contribution in [0.4, 0.5) is 10.8 Å². The second-order valence-corrected chi connectivity index (χ2v) is 7.82. The van der Waals surface area contributed by atoms with E-state index in [0.717, 1.165) is 12.1 Å². The number of nitrogens with zero attached hydrogens (tertiary/aromatic N) is 2. The van der Waals surface area contributed by atoms with Gasteiger partial charge >= 0.3 is 0 Å². The quantitative estimate of drug-likeness (QED) is 0.501. The molecule has 0 spiro atoms. The van der Waals surface area contributed by atoms with Gasteiger partial charge in [0.05, 0.1) is 12.8 Å². The summed E-state index contributed by atoms with van der Waals surface area (Å²) < 4.78 is 5.40. The van der Waals surface area contributed by atoms with E-state index in [4.69, 9.17) is 4.42 Å². The summed E-state index contributed by atoms with van der Waals surface area (Å²) >= 11 is 1.36. The second kappa shape index (κ2) is 10.6. The maximum atomic E-state index is 13.1. The molecule has 0 bridgehead atoms. The molecule has 158 valence electrons. The summed E-state index contributed by atoms with van der Waals surface area (Å²) in [6.07, 6.45) is 2.64. The first-order valence-corrected chi connectivity index (χ1v) is 10.8. The van der Waals surface area contributed by atoms with Crippen molar-refractivity contribution in [3.63, 3.8) is 0 Å². The number of thiazole rings is 1. The normalized spacial score (nSPS) is 11.7. The van der Waals surface area contributed by atoms with Crippen molar-refractivity contribution in [2.45, 2.75) is 39.3 Å². The molecule has 0 saturated carbocycles. The molecular formula is C22H26N4O3S. The molecule has 7 nitrogen and oxygen atoms in total. The van der Waals surface area contributed by atoms with Crippen LogP contribution in [0.5, 0.6) is 0 Å². The Morgan fingerprint density at radius 3 is 2.70 bits per heavy atom. The Hall–Kier alpha value is -3.13. The van der Waals surface area contributed by atoms with Crippen molar-refractivity contribution in [2.75, 3.05) is 11.9 Å². The highest BCUT2D eigenvalue weighted by Gasteiger charge is 2.21. The van der Waals surface area contributed by atoms with Crippen molar-refractivity contribution >= 4 is 34.0 Å². The Balaban J connectivity index is 1.67. The van der Waals surface area contributed by atoms with Crippen LogP contribution in [-0.4, -0.2) is 34.3 Å². The number of benzene rings is 1. The first-order valence-electron chi connectivity index (χ1n) is 9.93. The van der Waals surface area contributed by atoms with Crippen molar-refractivity contribution in [2.24, 2.45) is 0 Å². The lowest BCUT2D eigenvalue weighted by atomic mass is 10.2. The molecule has 8 heteroatoms. The predicted molar refractivity (Wildman–Crippen MR) is 118 cm³/mol. The number of carbonyl (C=O) groups excluding carboxylic acids is 2. The highest BCUT2D eigenvalue weighted by molar-refractivity contribution is 7.14. The minimum atomic E-state index is -0.236. The number of furan rings is 1. The van der Waals surface area contributed by atoms with Gasteiger partial charge in [-0.2, -0.15) is 0 Å². The Bertz CT molecular complexity index is 940. The summed E-state index contributed by atoms with van der Waals surface area (Å²) in [5, 5.41) is 8.49. The van der Waals surface area contributed by atoms with E-state index in [1.54, 1.807) is 22.6 Å². The molecule has 3 rings (SSSR count). The molecule has 0 aliphatic heterocycles. The topological polar surface area (TPSA) is 87.5 Å². The van der Waals surface area contributed by atoms with Crippen LogP contribution < -0.4 is 10.6 Å². The van der Waals surface area contributed by atoms with E-state index in [9.17, 15) is 9.59 Å². The van der Waals surface area contributed by atoms with Gasteiger partial charge in [-0.05, 0) is 37.6 Å². The van der Waals surface area contributed by atoms with Crippen molar-refractivity contribution in [3.8, 4) is 0 Å². The fourth-order valence-electron chi connectivity index (χ4n) is 2.76. The average Bonchev–Trinajstić information content (AvgIpc) is 3.43. The number of hydrogen-bond acceptors (Lipinski definition) is 6. The molecule has 2 aromatic heterocycles. The monoisotopic (exact) mass is 426 g/mol. The lowest BCUT2D eigenvalue weighted by molar-refractivity contribution is -0.121. The van der Waals surface area contributed by atoms with Gasteiger partial charge in [-0.15, -0.1) is 11.3 Å². The molecule has 30 heavy (non-hydrogen) atoms. The number of amides is 2. The van der Waals surface area contributed by atoms with Crippen LogP contribution in [0.15, 0.2) is 58.5 Å². The first-order chi connectivity index (χ1) is 14.5. The number of anilines is 2. The van der Waals surface area contributed by atoms with E-state index in [1.165, 1.54) is 11.3 Å². The molecule has 2 amide bonds. The van der Waals surface area contributed by atoms with Crippen molar-refractivity contribution in [3.05, 3.63) is 65.6 Å². The van der Waals surface area contributed by atoms with Crippen molar-refractivity contribution < 1.29 is 14.0 Å². The number of hydrogen-bond donors (Lipinski definition) is 2. The molecule has 2 heterocycles. The zero-order chi connectivity index (χ0) is 21.3. The van der Waals surface area contributed by atoms with Gasteiger partial charge in [0, 0.05) is 30.1 Å². The maximum absolute atomic E-state index is 13.1. The standard InChI is InChI=1S/C22H26N4O3S/c1-3-16(2)23-20(27)11-12-26(14-18-10-7-13-29-18)21(28)19-15-30-22(25-19)24-17-8-5-4-6-9-17/h4-10,13,15-16H,3,11-12,14H2,1-2H3,(H,23,27)(H,24,25). The van der Waals surface area contributed by atoms with Crippen LogP contribution >= 0.6 is 11.3 Å². The molecule has 0 saturated heterocycles. The predicted octanol–water partition coefficient (Wildman–Crippen LogP) is 4.43. The minimum Gasteiger partial charge on any atom is -0.467 e. The Labute approximate surface area is 180 Å². The van der Waals surface area contributed by atoms with Gasteiger partial charge < -0.3 is 20.0 Å². The van der Waals surface area contributed by atoms with Crippen LogP contribution in [-0.2, 0) is 11.3 Å². The smallest absolute Gasteiger partial charge is 0.273 e. The summed E-state index contributed by atoms with van der Waals surface area (Å²) in [6, 6.07) is 13.4. The molecule has 0 aliphatic rings. The summed E-state index contributed by atoms with van der Waals surface area (Å²) in [5.41, 5.74) is 1.24. The molecule has 3 aromatic rings. The lowest BCUT2D eigenvalue weighted by Crippen LogP contribution is -2.37. The average molecular weight is 427 g/mol. The Kier molecular flexibility index (Phi) is 7.62. The van der Waals surface area contributed by atoms with E-state index in [1.807, 2.05) is 50.2 Å². The molecule has 0 aliphatic carbocycles. The number of para-hydroxylation sites is 1. The van der Waals surface area contributed by atoms with Crippen molar-refractivity contribution in [1.29, 1.82) is 0 Å². The largest absolute Gasteiger partial charge is 0.467 e. The van der Waals surface area contributed by atoms with Crippen LogP contribution in [0.1, 0.15) is 42.9 Å². The number of carbonyl (C=O) groups is 2. The number of rotatable bonds is 10. The third-order valence-electron chi connectivity index (χ3n) is 4.59. The zero-order valence-corrected chi connectivity index (χ0v) is 17.9. The SMILES string of the molecule is CCC(C)NC(=O)CCN(Cc1ccco1)C(=O)c1csc(Nc2ccccc2)n1. The van der Waals surface area contributed by atoms with E-state index in [-0.39, 0.29) is 37.4 Å². The highest BCUT2D eigenvalue weighted by Crippen LogP contribution is 2.22. The second-order valence-electron chi connectivity index (χ2n) is 6.96. The van der Waals surface area contributed by atoms with Gasteiger partial charge in [-0.25, -0.2) is 4.98 Å². The molecular weight excluding hydrogens is 400 g/mol. The molecule has 1 unspecified atom stereocenters. The molecule has 1 atom stereocenters. The third kappa shape index (κ3) is 6.18. The highest BCUT2D eigenvalue weighted by atomic mass is 32.1. The minimum absolute atomic E-state index is 0.0775. The van der Waals surface area contributed by atoms with Gasteiger partial charge in [0.1, 0.15) is 11.5 Å². The van der Waals surface area contributed by atoms with Gasteiger partial charge in [-0.1, -0.05) is 25.1 Å². The molecule has 0 radical (unpaired) electrons. The van der Waals surface area contributed by atoms with Crippen LogP contribution in [0.2, 0.25) is 0 Å². The number of nitrogens with one attached hydrogen (secondary N) is 2. The molecule has 1 aromatic carbocycles. The zero-order valence-electron chi connectivity index (χ0n) is 17.1. The fourth-order valence-corrected chi connectivity index (χ4v) is 3.47. The lowest BCUT2D eigenvalue weighted by Gasteiger charge is -2.21. The summed E-state index contributed by atoms with van der Waals surface area (Å²) in [5.74, 6) is 0.343. The number of aromatic nitrogens is 1. The van der Waals surface area contributed by atoms with E-state index < -0.39 is 0 Å². The Morgan fingerprint density at radius 2 is 2.00 bits per heavy atom. The van der Waals surface area contributed by atoms with Crippen molar-refractivity contribution in [1.82, 2.24) is 15.2 Å². The molecule has 2 N–H and O–H groups in total. The summed E-state index contributed by atoms with van der Waals surface area (Å²) in [4.78, 5) is 31.3. The summed E-state index contributed by atoms with van der Waals surface area (Å²) in [7, 11) is 0. The first kappa shape index (κ1) is 21.6. The van der Waals surface area contributed by atoms with E-state index >= 15 is 0 Å². The van der Waals surface area contributed by atoms with Crippen LogP contribution in [0.25, 0.3) is 0 Å². The van der Waals surface area contributed by atoms with Gasteiger partial charge in [0.15, 0.2) is 5.13 Å². The maximum Gasteiger partial charge on any atom is 0.273 e. The Morgan fingerprint density at radius 1 is 1.20 bits per heavy atom. The van der Waals surface area contributed by atoms with Crippen LogP contribution in [0, 0.1) is 0 Å². The summed E-state index contributed by atoms with van der Waals surface area (Å²) in [6.45, 7) is 4.53. The van der Waals surface area contributed by atoms with Gasteiger partial charge in [0.2, 0.25) is 5.91 Å². The van der Waals surface area contributed by atoms with Crippen LogP contribution in [0.3, 0.4) is 0 Å². The fraction of sp³-hybridized carbons (Fsp3) is 0.318. The van der Waals surface area contributed by atoms with Gasteiger partial charge in [0.25, 0.3) is 5.91 Å². The molecule has 0 fully saturated rings. The van der Waals surface area contributed by atoms with E-state index in [2.05, 4.69) is 15.6 Å².